The van der Waals surface area contributed by atoms with E-state index in [0.717, 1.165) is 33.3 Å². The Morgan fingerprint density at radius 1 is 1.13 bits per heavy atom. The first kappa shape index (κ1) is 26.2. The number of benzene rings is 1. The number of nitriles is 1. The molecule has 1 aromatic carbocycles. The molecule has 38 heavy (non-hydrogen) atoms. The number of aryl methyl sites for hydroxylation is 1. The Morgan fingerprint density at radius 2 is 1.95 bits per heavy atom. The van der Waals surface area contributed by atoms with Crippen molar-refractivity contribution in [1.82, 2.24) is 20.3 Å². The van der Waals surface area contributed by atoms with Crippen LogP contribution in [0.25, 0.3) is 23.1 Å². The third-order valence-electron chi connectivity index (χ3n) is 5.59. The van der Waals surface area contributed by atoms with Gasteiger partial charge in [-0.1, -0.05) is 12.2 Å². The number of aromatic nitrogens is 3. The minimum absolute atomic E-state index is 0.265. The van der Waals surface area contributed by atoms with Crippen LogP contribution in [0, 0.1) is 18.3 Å². The Kier molecular flexibility index (Phi) is 7.92. The summed E-state index contributed by atoms with van der Waals surface area (Å²) in [6.45, 7) is 8.03. The van der Waals surface area contributed by atoms with E-state index in [1.165, 1.54) is 0 Å². The van der Waals surface area contributed by atoms with Gasteiger partial charge in [0.15, 0.2) is 0 Å². The fourth-order valence-corrected chi connectivity index (χ4v) is 3.81. The number of H-pyrrole nitrogens is 1. The molecule has 4 rings (SSSR count). The lowest BCUT2D eigenvalue weighted by Crippen LogP contribution is -2.34. The summed E-state index contributed by atoms with van der Waals surface area (Å²) >= 11 is 0. The van der Waals surface area contributed by atoms with Gasteiger partial charge in [-0.3, -0.25) is 9.97 Å². The van der Waals surface area contributed by atoms with Crippen molar-refractivity contribution in [3.05, 3.63) is 77.5 Å². The van der Waals surface area contributed by atoms with E-state index in [1.807, 2.05) is 70.3 Å². The standard InChI is InChI=1S/C29H30N6O3/c1-19-24-9-10-33-26(24)8-7-25(19)35-27-21(16-32-17-22(27)14-30)6-5-20-13-23(18-31-15-20)37-12-11-34-28(36)38-29(2,3)4/h5-10,13,15-18,33H,11-12H2,1-4H3,(H,32,35)(H,34,36). The van der Waals surface area contributed by atoms with E-state index in [4.69, 9.17) is 9.47 Å². The van der Waals surface area contributed by atoms with Crippen molar-refractivity contribution in [3.63, 3.8) is 0 Å². The lowest BCUT2D eigenvalue weighted by atomic mass is 10.1. The van der Waals surface area contributed by atoms with Crippen molar-refractivity contribution in [2.24, 2.45) is 0 Å². The molecule has 3 heterocycles. The van der Waals surface area contributed by atoms with Gasteiger partial charge in [-0.25, -0.2) is 4.79 Å². The van der Waals surface area contributed by atoms with Gasteiger partial charge in [0.25, 0.3) is 0 Å². The molecular formula is C29H30N6O3. The van der Waals surface area contributed by atoms with E-state index in [-0.39, 0.29) is 6.61 Å². The molecule has 0 aliphatic heterocycles. The maximum Gasteiger partial charge on any atom is 0.407 e. The number of anilines is 2. The number of nitrogens with zero attached hydrogens (tertiary/aromatic N) is 3. The molecule has 194 valence electrons. The molecule has 9 nitrogen and oxygen atoms in total. The van der Waals surface area contributed by atoms with E-state index >= 15 is 0 Å². The lowest BCUT2D eigenvalue weighted by molar-refractivity contribution is 0.0520. The van der Waals surface area contributed by atoms with Crippen molar-refractivity contribution in [1.29, 1.82) is 5.26 Å². The van der Waals surface area contributed by atoms with Crippen LogP contribution in [-0.2, 0) is 4.74 Å². The monoisotopic (exact) mass is 510 g/mol. The molecule has 0 bridgehead atoms. The van der Waals surface area contributed by atoms with Crippen molar-refractivity contribution < 1.29 is 14.3 Å². The van der Waals surface area contributed by atoms with Crippen LogP contribution in [0.3, 0.4) is 0 Å². The third-order valence-corrected chi connectivity index (χ3v) is 5.59. The van der Waals surface area contributed by atoms with Crippen molar-refractivity contribution in [3.8, 4) is 11.8 Å². The molecule has 0 radical (unpaired) electrons. The molecule has 0 aliphatic rings. The van der Waals surface area contributed by atoms with E-state index in [9.17, 15) is 10.1 Å². The van der Waals surface area contributed by atoms with Crippen LogP contribution in [0.4, 0.5) is 16.2 Å². The minimum atomic E-state index is -0.554. The summed E-state index contributed by atoms with van der Waals surface area (Å²) in [6.07, 6.45) is 11.8. The number of pyridine rings is 2. The zero-order valence-corrected chi connectivity index (χ0v) is 21.8. The molecule has 0 atom stereocenters. The number of fused-ring (bicyclic) bond motifs is 1. The highest BCUT2D eigenvalue weighted by atomic mass is 16.6. The third kappa shape index (κ3) is 6.68. The van der Waals surface area contributed by atoms with Crippen LogP contribution >= 0.6 is 0 Å². The van der Waals surface area contributed by atoms with Crippen molar-refractivity contribution >= 4 is 40.5 Å². The second-order valence-corrected chi connectivity index (χ2v) is 9.63. The summed E-state index contributed by atoms with van der Waals surface area (Å²) in [6, 6.07) is 10.1. The SMILES string of the molecule is Cc1c(Nc2c(C#N)cncc2C=Cc2cncc(OCCNC(=O)OC(C)(C)C)c2)ccc2[nH]ccc12. The molecule has 4 aromatic rings. The topological polar surface area (TPSA) is 125 Å². The molecule has 0 saturated heterocycles. The lowest BCUT2D eigenvalue weighted by Gasteiger charge is -2.19. The Morgan fingerprint density at radius 3 is 2.74 bits per heavy atom. The van der Waals surface area contributed by atoms with Crippen molar-refractivity contribution in [2.45, 2.75) is 33.3 Å². The zero-order valence-electron chi connectivity index (χ0n) is 21.8. The number of nitrogens with one attached hydrogen (secondary N) is 3. The molecule has 0 spiro atoms. The van der Waals surface area contributed by atoms with Gasteiger partial charge in [-0.05, 0) is 63.1 Å². The molecular weight excluding hydrogens is 480 g/mol. The van der Waals surface area contributed by atoms with E-state index in [0.29, 0.717) is 23.5 Å². The van der Waals surface area contributed by atoms with E-state index < -0.39 is 11.7 Å². The highest BCUT2D eigenvalue weighted by molar-refractivity contribution is 5.90. The van der Waals surface area contributed by atoms with Crippen LogP contribution in [0.15, 0.2) is 55.2 Å². The highest BCUT2D eigenvalue weighted by Crippen LogP contribution is 2.31. The minimum Gasteiger partial charge on any atom is -0.490 e. The van der Waals surface area contributed by atoms with Crippen LogP contribution in [0.1, 0.15) is 43.0 Å². The predicted octanol–water partition coefficient (Wildman–Crippen LogP) is 5.96. The number of carbonyl (C=O) groups is 1. The second kappa shape index (κ2) is 11.5. The van der Waals surface area contributed by atoms with Crippen LogP contribution in [-0.4, -0.2) is 39.8 Å². The number of alkyl carbamates (subject to hydrolysis) is 1. The molecule has 1 amide bonds. The summed E-state index contributed by atoms with van der Waals surface area (Å²) in [5.41, 5.74) is 5.16. The normalized spacial score (nSPS) is 11.3. The quantitative estimate of drug-likeness (QED) is 0.250. The Balaban J connectivity index is 1.46. The summed E-state index contributed by atoms with van der Waals surface area (Å²) in [5.74, 6) is 0.566. The van der Waals surface area contributed by atoms with Crippen LogP contribution < -0.4 is 15.4 Å². The van der Waals surface area contributed by atoms with E-state index in [1.54, 1.807) is 24.8 Å². The number of carbonyl (C=O) groups excluding carboxylic acids is 1. The molecule has 0 unspecified atom stereocenters. The first-order valence-electron chi connectivity index (χ1n) is 12.2. The fourth-order valence-electron chi connectivity index (χ4n) is 3.81. The number of ether oxygens (including phenoxy) is 2. The van der Waals surface area contributed by atoms with Crippen molar-refractivity contribution in [2.75, 3.05) is 18.5 Å². The number of hydrogen-bond donors (Lipinski definition) is 3. The molecule has 3 aromatic heterocycles. The van der Waals surface area contributed by atoms with Gasteiger partial charge in [-0.2, -0.15) is 5.26 Å². The van der Waals surface area contributed by atoms with Gasteiger partial charge in [0, 0.05) is 46.9 Å². The number of aromatic amines is 1. The number of amides is 1. The van der Waals surface area contributed by atoms with Crippen LogP contribution in [0.5, 0.6) is 5.75 Å². The first-order valence-corrected chi connectivity index (χ1v) is 12.2. The Hall–Kier alpha value is -4.84. The van der Waals surface area contributed by atoms with Gasteiger partial charge in [0.2, 0.25) is 0 Å². The van der Waals surface area contributed by atoms with Gasteiger partial charge >= 0.3 is 6.09 Å². The molecule has 3 N–H and O–H groups in total. The van der Waals surface area contributed by atoms with Gasteiger partial charge in [0.1, 0.15) is 24.0 Å². The Labute approximate surface area is 221 Å². The maximum absolute atomic E-state index is 11.8. The first-order chi connectivity index (χ1) is 18.2. The second-order valence-electron chi connectivity index (χ2n) is 9.63. The molecule has 9 heteroatoms. The van der Waals surface area contributed by atoms with E-state index in [2.05, 4.69) is 31.7 Å². The van der Waals surface area contributed by atoms with Gasteiger partial charge < -0.3 is 25.1 Å². The summed E-state index contributed by atoms with van der Waals surface area (Å²) in [7, 11) is 0. The smallest absolute Gasteiger partial charge is 0.407 e. The molecule has 0 saturated carbocycles. The average Bonchev–Trinajstić information content (AvgIpc) is 3.36. The fraction of sp³-hybridized carbons (Fsp3) is 0.241. The predicted molar refractivity (Wildman–Crippen MR) is 148 cm³/mol. The number of rotatable bonds is 8. The van der Waals surface area contributed by atoms with Gasteiger partial charge in [-0.15, -0.1) is 0 Å². The number of hydrogen-bond acceptors (Lipinski definition) is 7. The summed E-state index contributed by atoms with van der Waals surface area (Å²) in [5, 5.41) is 16.9. The molecule has 0 fully saturated rings. The molecule has 0 aliphatic carbocycles. The maximum atomic E-state index is 11.8. The van der Waals surface area contributed by atoms with Crippen LogP contribution in [0.2, 0.25) is 0 Å². The summed E-state index contributed by atoms with van der Waals surface area (Å²) < 4.78 is 10.9. The zero-order chi connectivity index (χ0) is 27.1. The largest absolute Gasteiger partial charge is 0.490 e. The Bertz CT molecular complexity index is 1510. The summed E-state index contributed by atoms with van der Waals surface area (Å²) in [4.78, 5) is 23.4. The average molecular weight is 511 g/mol. The van der Waals surface area contributed by atoms with Gasteiger partial charge in [0.05, 0.1) is 24.0 Å². The highest BCUT2D eigenvalue weighted by Gasteiger charge is 2.15.